The molecule has 0 aliphatic carbocycles. The summed E-state index contributed by atoms with van der Waals surface area (Å²) < 4.78 is 2.18. The van der Waals surface area contributed by atoms with Gasteiger partial charge in [-0.2, -0.15) is 0 Å². The highest BCUT2D eigenvalue weighted by molar-refractivity contribution is 9.10. The topological polar surface area (TPSA) is 3.24 Å². The fourth-order valence-corrected chi connectivity index (χ4v) is 6.89. The molecule has 4 aromatic carbocycles. The predicted octanol–water partition coefficient (Wildman–Crippen LogP) is 10.6. The normalized spacial score (nSPS) is 17.1. The van der Waals surface area contributed by atoms with Crippen LogP contribution in [0.1, 0.15) is 43.0 Å². The predicted molar refractivity (Wildman–Crippen MR) is 176 cm³/mol. The maximum atomic E-state index is 4.63. The lowest BCUT2D eigenvalue weighted by Crippen LogP contribution is -2.28. The van der Waals surface area contributed by atoms with Crippen LogP contribution >= 0.6 is 31.9 Å². The lowest BCUT2D eigenvalue weighted by molar-refractivity contribution is 0.563. The molecule has 0 spiro atoms. The molecule has 0 radical (unpaired) electrons. The molecule has 4 aromatic rings. The van der Waals surface area contributed by atoms with Gasteiger partial charge in [0.1, 0.15) is 0 Å². The van der Waals surface area contributed by atoms with Crippen LogP contribution in [0.4, 0.5) is 5.69 Å². The second kappa shape index (κ2) is 10.6. The quantitative estimate of drug-likeness (QED) is 0.190. The van der Waals surface area contributed by atoms with E-state index in [1.165, 1.54) is 44.4 Å². The van der Waals surface area contributed by atoms with Crippen molar-refractivity contribution in [3.8, 4) is 0 Å². The Morgan fingerprint density at radius 3 is 2.33 bits per heavy atom. The Bertz CT molecular complexity index is 1640. The fourth-order valence-electron chi connectivity index (χ4n) is 6.08. The lowest BCUT2D eigenvalue weighted by atomic mass is 9.70. The molecule has 0 bridgehead atoms. The molecule has 1 aliphatic rings. The minimum atomic E-state index is -0.276. The number of hydrogen-bond acceptors (Lipinski definition) is 1. The highest BCUT2D eigenvalue weighted by Crippen LogP contribution is 2.48. The maximum absolute atomic E-state index is 4.63. The zero-order valence-corrected chi connectivity index (χ0v) is 26.5. The molecular formula is C36H35Br2N. The van der Waals surface area contributed by atoms with Crippen LogP contribution in [0.3, 0.4) is 0 Å². The van der Waals surface area contributed by atoms with Crippen LogP contribution in [0.15, 0.2) is 124 Å². The van der Waals surface area contributed by atoms with Gasteiger partial charge in [-0.3, -0.25) is 0 Å². The zero-order valence-electron chi connectivity index (χ0n) is 23.4. The van der Waals surface area contributed by atoms with Crippen molar-refractivity contribution in [2.45, 2.75) is 44.9 Å². The molecule has 198 valence electrons. The monoisotopic (exact) mass is 639 g/mol. The molecule has 1 nitrogen and oxygen atoms in total. The van der Waals surface area contributed by atoms with E-state index in [1.807, 2.05) is 0 Å². The smallest absolute Gasteiger partial charge is 0.0454 e. The van der Waals surface area contributed by atoms with Crippen molar-refractivity contribution in [3.05, 3.63) is 146 Å². The molecule has 1 heterocycles. The molecule has 1 unspecified atom stereocenters. The molecule has 0 aromatic heterocycles. The highest BCUT2D eigenvalue weighted by atomic mass is 79.9. The minimum absolute atomic E-state index is 0.0969. The first-order chi connectivity index (χ1) is 18.5. The number of likely N-dealkylation sites (N-methyl/N-ethyl adjacent to an activating group) is 1. The Labute approximate surface area is 250 Å². The first-order valence-electron chi connectivity index (χ1n) is 13.4. The summed E-state index contributed by atoms with van der Waals surface area (Å²) >= 11 is 7.37. The number of benzene rings is 4. The standard InChI is InChI=1S/C36H35Br2N/c1-24-17-18-30(38)22-31(24)36(5,23-26-12-10-15-29(37)19-26)25(2)11-9-16-34-35(3,4)32-20-27-13-7-8-14-28(27)21-33(32)39(34)6/h7-22H,2,23H2,1,3-6H3/b11-9+,34-16+. The van der Waals surface area contributed by atoms with Crippen molar-refractivity contribution >= 4 is 48.3 Å². The van der Waals surface area contributed by atoms with E-state index in [-0.39, 0.29) is 10.8 Å². The second-order valence-electron chi connectivity index (χ2n) is 11.4. The molecule has 1 aliphatic heterocycles. The molecule has 0 fully saturated rings. The van der Waals surface area contributed by atoms with Crippen molar-refractivity contribution in [1.82, 2.24) is 0 Å². The summed E-state index contributed by atoms with van der Waals surface area (Å²) in [5.74, 6) is 0. The van der Waals surface area contributed by atoms with Crippen molar-refractivity contribution in [2.24, 2.45) is 0 Å². The molecule has 0 saturated carbocycles. The number of fused-ring (bicyclic) bond motifs is 2. The average Bonchev–Trinajstić information content (AvgIpc) is 3.08. The molecule has 1 atom stereocenters. The third-order valence-corrected chi connectivity index (χ3v) is 9.39. The Morgan fingerprint density at radius 1 is 0.923 bits per heavy atom. The van der Waals surface area contributed by atoms with Crippen LogP contribution in [0, 0.1) is 6.92 Å². The van der Waals surface area contributed by atoms with Crippen molar-refractivity contribution < 1.29 is 0 Å². The molecule has 0 saturated heterocycles. The molecule has 39 heavy (non-hydrogen) atoms. The Hall–Kier alpha value is -2.88. The van der Waals surface area contributed by atoms with Gasteiger partial charge >= 0.3 is 0 Å². The largest absolute Gasteiger partial charge is 0.347 e. The summed E-state index contributed by atoms with van der Waals surface area (Å²) in [6, 6.07) is 28.4. The molecule has 0 amide bonds. The van der Waals surface area contributed by atoms with E-state index in [0.29, 0.717) is 0 Å². The van der Waals surface area contributed by atoms with Gasteiger partial charge in [-0.1, -0.05) is 114 Å². The third-order valence-electron chi connectivity index (χ3n) is 8.40. The molecule has 0 N–H and O–H groups in total. The number of allylic oxidation sites excluding steroid dienone is 5. The van der Waals surface area contributed by atoms with Crippen LogP contribution in [0.25, 0.3) is 10.8 Å². The molecular weight excluding hydrogens is 606 g/mol. The van der Waals surface area contributed by atoms with Crippen molar-refractivity contribution in [3.63, 3.8) is 0 Å². The van der Waals surface area contributed by atoms with Gasteiger partial charge in [-0.15, -0.1) is 0 Å². The van der Waals surface area contributed by atoms with Gasteiger partial charge in [0.05, 0.1) is 0 Å². The summed E-state index contributed by atoms with van der Waals surface area (Å²) in [5, 5.41) is 2.56. The third kappa shape index (κ3) is 5.19. The molecule has 5 rings (SSSR count). The van der Waals surface area contributed by atoms with E-state index in [0.717, 1.165) is 20.9 Å². The van der Waals surface area contributed by atoms with E-state index < -0.39 is 0 Å². The van der Waals surface area contributed by atoms with Gasteiger partial charge in [-0.05, 0) is 94.4 Å². The van der Waals surface area contributed by atoms with Crippen LogP contribution in [0.2, 0.25) is 0 Å². The van der Waals surface area contributed by atoms with Gasteiger partial charge in [-0.25, -0.2) is 0 Å². The van der Waals surface area contributed by atoms with Gasteiger partial charge in [0.25, 0.3) is 0 Å². The van der Waals surface area contributed by atoms with Crippen molar-refractivity contribution in [2.75, 3.05) is 11.9 Å². The van der Waals surface area contributed by atoms with Crippen LogP contribution in [-0.2, 0) is 17.3 Å². The van der Waals surface area contributed by atoms with Gasteiger partial charge in [0.15, 0.2) is 0 Å². The Morgan fingerprint density at radius 2 is 1.62 bits per heavy atom. The van der Waals surface area contributed by atoms with Gasteiger partial charge < -0.3 is 4.90 Å². The van der Waals surface area contributed by atoms with Crippen LogP contribution < -0.4 is 4.90 Å². The number of rotatable bonds is 6. The summed E-state index contributed by atoms with van der Waals surface area (Å²) in [7, 11) is 2.18. The Kier molecular flexibility index (Phi) is 7.52. The SMILES string of the molecule is C=C(/C=C/C=C1/N(C)c2cc3ccccc3cc2C1(C)C)C(C)(Cc1cccc(Br)c1)c1cc(Br)ccc1C. The van der Waals surface area contributed by atoms with E-state index in [1.54, 1.807) is 0 Å². The van der Waals surface area contributed by atoms with E-state index >= 15 is 0 Å². The van der Waals surface area contributed by atoms with Gasteiger partial charge in [0, 0.05) is 38.2 Å². The number of aryl methyl sites for hydroxylation is 1. The lowest BCUT2D eigenvalue weighted by Gasteiger charge is -2.33. The van der Waals surface area contributed by atoms with E-state index in [2.05, 4.69) is 175 Å². The first-order valence-corrected chi connectivity index (χ1v) is 15.0. The van der Waals surface area contributed by atoms with Crippen LogP contribution in [0.5, 0.6) is 0 Å². The minimum Gasteiger partial charge on any atom is -0.347 e. The van der Waals surface area contributed by atoms with E-state index in [9.17, 15) is 0 Å². The number of hydrogen-bond donors (Lipinski definition) is 0. The highest BCUT2D eigenvalue weighted by Gasteiger charge is 2.38. The molecule has 3 heteroatoms. The Balaban J connectivity index is 1.51. The number of anilines is 1. The summed E-state index contributed by atoms with van der Waals surface area (Å²) in [5.41, 5.74) is 8.47. The average molecular weight is 641 g/mol. The summed E-state index contributed by atoms with van der Waals surface area (Å²) in [4.78, 5) is 2.34. The summed E-state index contributed by atoms with van der Waals surface area (Å²) in [6.07, 6.45) is 7.51. The number of nitrogens with zero attached hydrogens (tertiary/aromatic N) is 1. The second-order valence-corrected chi connectivity index (χ2v) is 13.3. The maximum Gasteiger partial charge on any atom is 0.0454 e. The number of halogens is 2. The summed E-state index contributed by atoms with van der Waals surface area (Å²) in [6.45, 7) is 13.8. The first kappa shape index (κ1) is 27.7. The van der Waals surface area contributed by atoms with E-state index in [4.69, 9.17) is 0 Å². The van der Waals surface area contributed by atoms with Gasteiger partial charge in [0.2, 0.25) is 0 Å². The zero-order chi connectivity index (χ0) is 27.9. The van der Waals surface area contributed by atoms with Crippen molar-refractivity contribution in [1.29, 1.82) is 0 Å². The van der Waals surface area contributed by atoms with Crippen LogP contribution in [-0.4, -0.2) is 7.05 Å². The fraction of sp³-hybridized carbons (Fsp3) is 0.222.